The SMILES string of the molecule is NC(=O)C[C@H]1N[C@]2(C(=O)Nc3c(Cl)cccc32)[C@@H]2C(=O)N(CCc3ccccc3)C(=O)[C@@H]21. The van der Waals surface area contributed by atoms with Crippen molar-refractivity contribution in [1.82, 2.24) is 10.2 Å². The fourth-order valence-electron chi connectivity index (χ4n) is 5.35. The molecular weight excluding hydrogens is 432 g/mol. The van der Waals surface area contributed by atoms with Crippen molar-refractivity contribution < 1.29 is 19.2 Å². The first-order valence-corrected chi connectivity index (χ1v) is 10.8. The minimum Gasteiger partial charge on any atom is -0.370 e. The van der Waals surface area contributed by atoms with Gasteiger partial charge in [0.15, 0.2) is 0 Å². The van der Waals surface area contributed by atoms with Crippen molar-refractivity contribution in [3.8, 4) is 0 Å². The van der Waals surface area contributed by atoms with Crippen LogP contribution in [0.25, 0.3) is 0 Å². The summed E-state index contributed by atoms with van der Waals surface area (Å²) < 4.78 is 0. The van der Waals surface area contributed by atoms with E-state index in [1.54, 1.807) is 18.2 Å². The van der Waals surface area contributed by atoms with Crippen molar-refractivity contribution in [2.45, 2.75) is 24.4 Å². The van der Waals surface area contributed by atoms with Gasteiger partial charge in [-0.3, -0.25) is 29.4 Å². The molecule has 5 rings (SSSR count). The van der Waals surface area contributed by atoms with Crippen LogP contribution in [0.15, 0.2) is 48.5 Å². The number of nitrogens with two attached hydrogens (primary N) is 1. The lowest BCUT2D eigenvalue weighted by Crippen LogP contribution is -2.53. The molecule has 2 aromatic carbocycles. The quantitative estimate of drug-likeness (QED) is 0.588. The van der Waals surface area contributed by atoms with E-state index in [-0.39, 0.29) is 13.0 Å². The summed E-state index contributed by atoms with van der Waals surface area (Å²) in [5.74, 6) is -3.77. The van der Waals surface area contributed by atoms with Gasteiger partial charge in [0.1, 0.15) is 5.54 Å². The van der Waals surface area contributed by atoms with Crippen LogP contribution in [0, 0.1) is 11.8 Å². The monoisotopic (exact) mass is 452 g/mol. The van der Waals surface area contributed by atoms with Crippen molar-refractivity contribution in [2.24, 2.45) is 17.6 Å². The Bertz CT molecular complexity index is 1150. The molecule has 2 saturated heterocycles. The van der Waals surface area contributed by atoms with Gasteiger partial charge in [0.05, 0.1) is 22.5 Å². The van der Waals surface area contributed by atoms with Gasteiger partial charge in [-0.05, 0) is 18.1 Å². The predicted octanol–water partition coefficient (Wildman–Crippen LogP) is 1.18. The molecule has 1 spiro atoms. The Labute approximate surface area is 189 Å². The van der Waals surface area contributed by atoms with Gasteiger partial charge in [0.2, 0.25) is 23.6 Å². The lowest BCUT2D eigenvalue weighted by atomic mass is 9.76. The number of para-hydroxylation sites is 1. The highest BCUT2D eigenvalue weighted by Gasteiger charge is 2.70. The Morgan fingerprint density at radius 1 is 1.06 bits per heavy atom. The molecule has 3 heterocycles. The van der Waals surface area contributed by atoms with Gasteiger partial charge in [0.25, 0.3) is 0 Å². The van der Waals surface area contributed by atoms with Gasteiger partial charge < -0.3 is 11.1 Å². The maximum Gasteiger partial charge on any atom is 0.250 e. The van der Waals surface area contributed by atoms with Gasteiger partial charge >= 0.3 is 0 Å². The second-order valence-electron chi connectivity index (χ2n) is 8.41. The van der Waals surface area contributed by atoms with E-state index in [0.717, 1.165) is 5.56 Å². The number of carbonyl (C=O) groups is 4. The molecule has 3 aliphatic heterocycles. The number of anilines is 1. The third kappa shape index (κ3) is 2.87. The minimum atomic E-state index is -1.49. The Kier molecular flexibility index (Phi) is 4.79. The molecule has 3 aliphatic rings. The number of hydrogen-bond donors (Lipinski definition) is 3. The zero-order valence-electron chi connectivity index (χ0n) is 17.0. The second kappa shape index (κ2) is 7.43. The van der Waals surface area contributed by atoms with Crippen molar-refractivity contribution in [3.63, 3.8) is 0 Å². The molecule has 0 saturated carbocycles. The van der Waals surface area contributed by atoms with Crippen LogP contribution in [-0.4, -0.2) is 41.1 Å². The second-order valence-corrected chi connectivity index (χ2v) is 8.82. The first kappa shape index (κ1) is 20.7. The van der Waals surface area contributed by atoms with Crippen molar-refractivity contribution in [1.29, 1.82) is 0 Å². The highest BCUT2D eigenvalue weighted by Crippen LogP contribution is 2.54. The molecule has 4 atom stereocenters. The molecule has 4 N–H and O–H groups in total. The fourth-order valence-corrected chi connectivity index (χ4v) is 5.57. The molecule has 2 fully saturated rings. The maximum atomic E-state index is 13.6. The molecule has 164 valence electrons. The highest BCUT2D eigenvalue weighted by molar-refractivity contribution is 6.35. The van der Waals surface area contributed by atoms with Gasteiger partial charge in [-0.1, -0.05) is 54.1 Å². The third-order valence-electron chi connectivity index (χ3n) is 6.68. The van der Waals surface area contributed by atoms with Crippen LogP contribution in [0.5, 0.6) is 0 Å². The van der Waals surface area contributed by atoms with Gasteiger partial charge in [-0.25, -0.2) is 0 Å². The van der Waals surface area contributed by atoms with Crippen molar-refractivity contribution in [3.05, 3.63) is 64.7 Å². The summed E-state index contributed by atoms with van der Waals surface area (Å²) in [5.41, 5.74) is 5.85. The Balaban J connectivity index is 1.55. The normalized spacial score (nSPS) is 28.2. The molecule has 2 aromatic rings. The van der Waals surface area contributed by atoms with Crippen LogP contribution >= 0.6 is 11.6 Å². The number of carbonyl (C=O) groups excluding carboxylic acids is 4. The summed E-state index contributed by atoms with van der Waals surface area (Å²) in [6.07, 6.45) is 0.324. The number of nitrogens with one attached hydrogen (secondary N) is 2. The lowest BCUT2D eigenvalue weighted by Gasteiger charge is -2.29. The van der Waals surface area contributed by atoms with E-state index in [9.17, 15) is 19.2 Å². The van der Waals surface area contributed by atoms with E-state index in [1.807, 2.05) is 30.3 Å². The largest absolute Gasteiger partial charge is 0.370 e. The van der Waals surface area contributed by atoms with Crippen LogP contribution in [0.3, 0.4) is 0 Å². The number of likely N-dealkylation sites (tertiary alicyclic amines) is 1. The Hall–Kier alpha value is -3.23. The van der Waals surface area contributed by atoms with E-state index in [0.29, 0.717) is 22.7 Å². The highest BCUT2D eigenvalue weighted by atomic mass is 35.5. The molecule has 0 aliphatic carbocycles. The number of amides is 4. The summed E-state index contributed by atoms with van der Waals surface area (Å²) in [5, 5.41) is 6.24. The predicted molar refractivity (Wildman–Crippen MR) is 116 cm³/mol. The third-order valence-corrected chi connectivity index (χ3v) is 6.99. The summed E-state index contributed by atoms with van der Waals surface area (Å²) in [4.78, 5) is 53.2. The number of fused-ring (bicyclic) bond motifs is 4. The molecule has 0 aromatic heterocycles. The van der Waals surface area contributed by atoms with Crippen LogP contribution in [0.4, 0.5) is 5.69 Å². The molecule has 0 bridgehead atoms. The Morgan fingerprint density at radius 2 is 1.81 bits per heavy atom. The van der Waals surface area contributed by atoms with Gasteiger partial charge in [0, 0.05) is 24.6 Å². The van der Waals surface area contributed by atoms with E-state index in [1.165, 1.54) is 4.90 Å². The molecular formula is C23H21ClN4O4. The number of benzene rings is 2. The van der Waals surface area contributed by atoms with Crippen molar-refractivity contribution in [2.75, 3.05) is 11.9 Å². The molecule has 32 heavy (non-hydrogen) atoms. The number of primary amides is 1. The van der Waals surface area contributed by atoms with E-state index >= 15 is 0 Å². The summed E-state index contributed by atoms with van der Waals surface area (Å²) in [6.45, 7) is 0.193. The van der Waals surface area contributed by atoms with E-state index in [2.05, 4.69) is 10.6 Å². The lowest BCUT2D eigenvalue weighted by molar-refractivity contribution is -0.142. The smallest absolute Gasteiger partial charge is 0.250 e. The number of hydrogen-bond acceptors (Lipinski definition) is 5. The molecule has 8 nitrogen and oxygen atoms in total. The molecule has 0 unspecified atom stereocenters. The van der Waals surface area contributed by atoms with Gasteiger partial charge in [-0.15, -0.1) is 0 Å². The number of imide groups is 1. The number of nitrogens with zero attached hydrogens (tertiary/aromatic N) is 1. The average molecular weight is 453 g/mol. The van der Waals surface area contributed by atoms with E-state index < -0.39 is 47.0 Å². The van der Waals surface area contributed by atoms with Gasteiger partial charge in [-0.2, -0.15) is 0 Å². The molecule has 0 radical (unpaired) electrons. The summed E-state index contributed by atoms with van der Waals surface area (Å²) in [7, 11) is 0. The van der Waals surface area contributed by atoms with Crippen LogP contribution in [0.2, 0.25) is 5.02 Å². The summed E-state index contributed by atoms with van der Waals surface area (Å²) in [6, 6.07) is 13.8. The number of halogens is 1. The average Bonchev–Trinajstić information content (AvgIpc) is 3.33. The van der Waals surface area contributed by atoms with Crippen molar-refractivity contribution >= 4 is 40.9 Å². The zero-order valence-corrected chi connectivity index (χ0v) is 17.8. The van der Waals surface area contributed by atoms with Crippen LogP contribution in [0.1, 0.15) is 17.5 Å². The van der Waals surface area contributed by atoms with Crippen LogP contribution in [-0.2, 0) is 31.1 Å². The topological polar surface area (TPSA) is 122 Å². The number of rotatable bonds is 5. The van der Waals surface area contributed by atoms with E-state index in [4.69, 9.17) is 17.3 Å². The minimum absolute atomic E-state index is 0.169. The first-order chi connectivity index (χ1) is 15.3. The zero-order chi connectivity index (χ0) is 22.6. The summed E-state index contributed by atoms with van der Waals surface area (Å²) >= 11 is 6.29. The molecule has 4 amide bonds. The maximum absolute atomic E-state index is 13.6. The molecule has 9 heteroatoms. The fraction of sp³-hybridized carbons (Fsp3) is 0.304. The standard InChI is InChI=1S/C23H21ClN4O4/c24-14-8-4-7-13-19(14)26-22(32)23(13)18-17(15(27-23)11-16(25)29)20(30)28(21(18)31)10-9-12-5-2-1-3-6-12/h1-8,15,17-18,27H,9-11H2,(H2,25,29)(H,26,32)/t15-,17-,18+,23+/m1/s1. The van der Waals surface area contributed by atoms with Crippen LogP contribution < -0.4 is 16.4 Å². The first-order valence-electron chi connectivity index (χ1n) is 10.4. The Morgan fingerprint density at radius 3 is 2.53 bits per heavy atom.